The van der Waals surface area contributed by atoms with Gasteiger partial charge in [0, 0.05) is 19.0 Å². The summed E-state index contributed by atoms with van der Waals surface area (Å²) in [5.74, 6) is 0.553. The van der Waals surface area contributed by atoms with Gasteiger partial charge in [0.2, 0.25) is 0 Å². The largest absolute Gasteiger partial charge is 0.409 e. The molecule has 26 heavy (non-hydrogen) atoms. The number of nitrogens with zero attached hydrogens (tertiary/aromatic N) is 2. The van der Waals surface area contributed by atoms with E-state index < -0.39 is 8.32 Å². The molecule has 0 saturated carbocycles. The van der Waals surface area contributed by atoms with Gasteiger partial charge in [-0.15, -0.1) is 0 Å². The van der Waals surface area contributed by atoms with E-state index in [2.05, 4.69) is 38.8 Å². The first-order valence-electron chi connectivity index (χ1n) is 9.06. The third kappa shape index (κ3) is 3.81. The van der Waals surface area contributed by atoms with Crippen LogP contribution in [0.3, 0.4) is 0 Å². The van der Waals surface area contributed by atoms with Gasteiger partial charge in [0.1, 0.15) is 5.82 Å². The topological polar surface area (TPSA) is 61.2 Å². The summed E-state index contributed by atoms with van der Waals surface area (Å²) in [5, 5.41) is 0.520. The lowest BCUT2D eigenvalue weighted by atomic mass is 10.0. The Bertz CT molecular complexity index is 908. The van der Waals surface area contributed by atoms with Crippen LogP contribution in [0.25, 0.3) is 10.9 Å². The van der Waals surface area contributed by atoms with Crippen LogP contribution in [0.1, 0.15) is 49.4 Å². The number of fused-ring (bicyclic) bond motifs is 1. The molecule has 2 aromatic rings. The lowest BCUT2D eigenvalue weighted by Crippen LogP contribution is -2.42. The van der Waals surface area contributed by atoms with E-state index in [9.17, 15) is 9.59 Å². The Morgan fingerprint density at radius 2 is 1.88 bits per heavy atom. The fourth-order valence-corrected chi connectivity index (χ4v) is 3.56. The van der Waals surface area contributed by atoms with Gasteiger partial charge in [0.15, 0.2) is 14.1 Å². The van der Waals surface area contributed by atoms with Crippen molar-refractivity contribution in [1.82, 2.24) is 9.55 Å². The lowest BCUT2D eigenvalue weighted by Gasteiger charge is -2.35. The Morgan fingerprint density at radius 1 is 1.27 bits per heavy atom. The van der Waals surface area contributed by atoms with Gasteiger partial charge >= 0.3 is 0 Å². The van der Waals surface area contributed by atoms with Crippen LogP contribution >= 0.6 is 0 Å². The maximum atomic E-state index is 12.9. The van der Waals surface area contributed by atoms with E-state index in [1.54, 1.807) is 17.7 Å². The van der Waals surface area contributed by atoms with Crippen LogP contribution in [0.4, 0.5) is 0 Å². The van der Waals surface area contributed by atoms with Gasteiger partial charge in [0.05, 0.1) is 17.5 Å². The normalized spacial score (nSPS) is 12.6. The number of rotatable bonds is 5. The summed E-state index contributed by atoms with van der Waals surface area (Å²) in [6, 6.07) is 3.61. The minimum Gasteiger partial charge on any atom is -0.409 e. The van der Waals surface area contributed by atoms with Crippen molar-refractivity contribution in [3.63, 3.8) is 0 Å². The van der Waals surface area contributed by atoms with Crippen LogP contribution in [-0.2, 0) is 17.9 Å². The number of aromatic nitrogens is 2. The predicted molar refractivity (Wildman–Crippen MR) is 109 cm³/mol. The standard InChI is InChI=1S/C20H30N2O3Si/c1-9-17-21-18-14(10-13(2)11-15(18)19(24)22(17)6)16(23)12-25-26(7,8)20(3,4)5/h10-11H,9,12H2,1-8H3. The minimum atomic E-state index is -2.03. The molecular weight excluding hydrogens is 344 g/mol. The summed E-state index contributed by atoms with van der Waals surface area (Å²) >= 11 is 0. The quantitative estimate of drug-likeness (QED) is 0.586. The molecule has 6 heteroatoms. The molecule has 0 saturated heterocycles. The second-order valence-corrected chi connectivity index (χ2v) is 13.2. The molecule has 0 fully saturated rings. The van der Waals surface area contributed by atoms with E-state index in [0.717, 1.165) is 5.56 Å². The van der Waals surface area contributed by atoms with Crippen LogP contribution in [0.2, 0.25) is 18.1 Å². The molecule has 0 N–H and O–H groups in total. The van der Waals surface area contributed by atoms with Crippen molar-refractivity contribution in [1.29, 1.82) is 0 Å². The van der Waals surface area contributed by atoms with E-state index >= 15 is 0 Å². The second kappa shape index (κ2) is 7.08. The van der Waals surface area contributed by atoms with E-state index in [-0.39, 0.29) is 23.0 Å². The summed E-state index contributed by atoms with van der Waals surface area (Å²) in [6.07, 6.45) is 0.629. The Morgan fingerprint density at radius 3 is 2.42 bits per heavy atom. The number of carbonyl (C=O) groups excluding carboxylic acids is 1. The molecular formula is C20H30N2O3Si. The molecule has 2 rings (SSSR count). The van der Waals surface area contributed by atoms with Crippen LogP contribution in [0.5, 0.6) is 0 Å². The van der Waals surface area contributed by atoms with Crippen molar-refractivity contribution in [3.05, 3.63) is 39.4 Å². The maximum absolute atomic E-state index is 12.9. The van der Waals surface area contributed by atoms with E-state index in [1.807, 2.05) is 19.9 Å². The first kappa shape index (κ1) is 20.5. The van der Waals surface area contributed by atoms with E-state index in [1.165, 1.54) is 0 Å². The van der Waals surface area contributed by atoms with Crippen LogP contribution in [0.15, 0.2) is 16.9 Å². The fraction of sp³-hybridized carbons (Fsp3) is 0.550. The van der Waals surface area contributed by atoms with Crippen LogP contribution < -0.4 is 5.56 Å². The molecule has 0 radical (unpaired) electrons. The number of ketones is 1. The maximum Gasteiger partial charge on any atom is 0.261 e. The SMILES string of the molecule is CCc1nc2c(C(=O)CO[Si](C)(C)C(C)(C)C)cc(C)cc2c(=O)n1C. The molecule has 0 bridgehead atoms. The number of Topliss-reactive ketones (excluding diaryl/α,β-unsaturated/α-hetero) is 1. The molecule has 0 aliphatic heterocycles. The molecule has 0 atom stereocenters. The molecule has 1 heterocycles. The van der Waals surface area contributed by atoms with Crippen LogP contribution in [-0.4, -0.2) is 30.3 Å². The highest BCUT2D eigenvalue weighted by Gasteiger charge is 2.37. The first-order chi connectivity index (χ1) is 11.9. The Balaban J connectivity index is 2.51. The summed E-state index contributed by atoms with van der Waals surface area (Å²) < 4.78 is 7.65. The fourth-order valence-electron chi connectivity index (χ4n) is 2.63. The molecule has 0 spiro atoms. The number of benzene rings is 1. The molecule has 0 aliphatic carbocycles. The number of hydrogen-bond acceptors (Lipinski definition) is 4. The van der Waals surface area contributed by atoms with Gasteiger partial charge in [-0.1, -0.05) is 27.7 Å². The van der Waals surface area contributed by atoms with Crippen molar-refractivity contribution in [2.75, 3.05) is 6.61 Å². The number of carbonyl (C=O) groups is 1. The predicted octanol–water partition coefficient (Wildman–Crippen LogP) is 4.01. The summed E-state index contributed by atoms with van der Waals surface area (Å²) in [7, 11) is -0.306. The van der Waals surface area contributed by atoms with Crippen molar-refractivity contribution < 1.29 is 9.22 Å². The summed E-state index contributed by atoms with van der Waals surface area (Å²) in [5.41, 5.74) is 1.72. The highest BCUT2D eigenvalue weighted by Crippen LogP contribution is 2.36. The van der Waals surface area contributed by atoms with Crippen molar-refractivity contribution in [2.24, 2.45) is 7.05 Å². The first-order valence-corrected chi connectivity index (χ1v) is 12.0. The van der Waals surface area contributed by atoms with Crippen molar-refractivity contribution >= 4 is 25.0 Å². The number of hydrogen-bond donors (Lipinski definition) is 0. The molecule has 0 aliphatic rings. The molecule has 5 nitrogen and oxygen atoms in total. The molecule has 0 amide bonds. The highest BCUT2D eigenvalue weighted by molar-refractivity contribution is 6.74. The van der Waals surface area contributed by atoms with Gasteiger partial charge in [-0.3, -0.25) is 14.2 Å². The van der Waals surface area contributed by atoms with Gasteiger partial charge < -0.3 is 4.43 Å². The highest BCUT2D eigenvalue weighted by atomic mass is 28.4. The second-order valence-electron chi connectivity index (χ2n) is 8.43. The van der Waals surface area contributed by atoms with Gasteiger partial charge in [0.25, 0.3) is 5.56 Å². The summed E-state index contributed by atoms with van der Waals surface area (Å²) in [6.45, 7) is 14.5. The average molecular weight is 375 g/mol. The van der Waals surface area contributed by atoms with Gasteiger partial charge in [-0.25, -0.2) is 4.98 Å². The third-order valence-electron chi connectivity index (χ3n) is 5.40. The average Bonchev–Trinajstić information content (AvgIpc) is 2.54. The van der Waals surface area contributed by atoms with Crippen LogP contribution in [0, 0.1) is 6.92 Å². The van der Waals surface area contributed by atoms with Gasteiger partial charge in [-0.2, -0.15) is 0 Å². The van der Waals surface area contributed by atoms with Crippen molar-refractivity contribution in [2.45, 2.75) is 59.2 Å². The smallest absolute Gasteiger partial charge is 0.261 e. The minimum absolute atomic E-state index is 0.0212. The monoisotopic (exact) mass is 374 g/mol. The molecule has 142 valence electrons. The lowest BCUT2D eigenvalue weighted by molar-refractivity contribution is 0.0912. The Hall–Kier alpha value is -1.79. The van der Waals surface area contributed by atoms with E-state index in [0.29, 0.717) is 28.7 Å². The summed E-state index contributed by atoms with van der Waals surface area (Å²) in [4.78, 5) is 30.2. The number of aryl methyl sites for hydroxylation is 2. The zero-order valence-corrected chi connectivity index (χ0v) is 18.2. The third-order valence-corrected chi connectivity index (χ3v) is 9.88. The zero-order chi connectivity index (χ0) is 19.9. The molecule has 0 unspecified atom stereocenters. The van der Waals surface area contributed by atoms with Crippen molar-refractivity contribution in [3.8, 4) is 0 Å². The van der Waals surface area contributed by atoms with E-state index in [4.69, 9.17) is 4.43 Å². The molecule has 1 aromatic heterocycles. The Labute approximate surface area is 156 Å². The zero-order valence-electron chi connectivity index (χ0n) is 17.2. The van der Waals surface area contributed by atoms with Gasteiger partial charge in [-0.05, 0) is 42.8 Å². The Kier molecular flexibility index (Phi) is 5.59. The molecule has 1 aromatic carbocycles.